The Labute approximate surface area is 202 Å². The number of carbonyl (C=O) groups excluding carboxylic acids is 3. The average Bonchev–Trinajstić information content (AvgIpc) is 3.09. The van der Waals surface area contributed by atoms with E-state index >= 15 is 0 Å². The molecule has 1 aromatic rings. The molecule has 174 valence electrons. The number of hydrogen-bond acceptors (Lipinski definition) is 5. The SMILES string of the molecule is Cc1cccc(Cl)c1N1CC=C[C@]23S[C@H]4C=CCN(C)C(=O)[C@H]4[C@H]2C(=O)N(CCO)C3C1=O. The van der Waals surface area contributed by atoms with Crippen molar-refractivity contribution in [2.24, 2.45) is 11.8 Å². The van der Waals surface area contributed by atoms with Crippen molar-refractivity contribution in [2.75, 3.05) is 38.2 Å². The summed E-state index contributed by atoms with van der Waals surface area (Å²) >= 11 is 8.04. The minimum absolute atomic E-state index is 0.0362. The van der Waals surface area contributed by atoms with Crippen LogP contribution in [0.3, 0.4) is 0 Å². The highest BCUT2D eigenvalue weighted by Gasteiger charge is 2.70. The molecular formula is C24H26ClN3O4S. The van der Waals surface area contributed by atoms with E-state index in [-0.39, 0.29) is 36.1 Å². The van der Waals surface area contributed by atoms with Gasteiger partial charge in [-0.25, -0.2) is 0 Å². The van der Waals surface area contributed by atoms with Crippen LogP contribution in [-0.4, -0.2) is 82.0 Å². The van der Waals surface area contributed by atoms with Crippen molar-refractivity contribution in [1.82, 2.24) is 9.80 Å². The van der Waals surface area contributed by atoms with Gasteiger partial charge in [0.05, 0.1) is 33.9 Å². The number of likely N-dealkylation sites (tertiary alicyclic amines) is 1. The van der Waals surface area contributed by atoms with Gasteiger partial charge in [0.1, 0.15) is 6.04 Å². The van der Waals surface area contributed by atoms with E-state index in [1.165, 1.54) is 16.7 Å². The first kappa shape index (κ1) is 22.5. The molecule has 7 nitrogen and oxygen atoms in total. The molecule has 1 N–H and O–H groups in total. The van der Waals surface area contributed by atoms with Crippen molar-refractivity contribution in [3.8, 4) is 0 Å². The van der Waals surface area contributed by atoms with E-state index in [1.807, 2.05) is 43.4 Å². The number of halogens is 1. The highest BCUT2D eigenvalue weighted by atomic mass is 35.5. The van der Waals surface area contributed by atoms with Crippen LogP contribution in [0.2, 0.25) is 5.02 Å². The van der Waals surface area contributed by atoms with Crippen molar-refractivity contribution in [1.29, 1.82) is 0 Å². The van der Waals surface area contributed by atoms with Gasteiger partial charge < -0.3 is 19.8 Å². The Hall–Kier alpha value is -2.29. The molecule has 0 saturated carbocycles. The molecule has 4 heterocycles. The summed E-state index contributed by atoms with van der Waals surface area (Å²) in [6.07, 6.45) is 7.84. The molecule has 5 rings (SSSR count). The quantitative estimate of drug-likeness (QED) is 0.658. The van der Waals surface area contributed by atoms with Crippen LogP contribution in [0.5, 0.6) is 0 Å². The first-order chi connectivity index (χ1) is 15.8. The lowest BCUT2D eigenvalue weighted by molar-refractivity contribution is -0.142. The smallest absolute Gasteiger partial charge is 0.251 e. The Balaban J connectivity index is 1.65. The summed E-state index contributed by atoms with van der Waals surface area (Å²) in [5, 5.41) is 10.0. The Bertz CT molecular complexity index is 1070. The van der Waals surface area contributed by atoms with Crippen LogP contribution in [0.25, 0.3) is 0 Å². The van der Waals surface area contributed by atoms with Gasteiger partial charge in [-0.2, -0.15) is 0 Å². The predicted molar refractivity (Wildman–Crippen MR) is 128 cm³/mol. The zero-order valence-corrected chi connectivity index (χ0v) is 20.1. The lowest BCUT2D eigenvalue weighted by Gasteiger charge is -2.35. The van der Waals surface area contributed by atoms with Crippen molar-refractivity contribution in [3.63, 3.8) is 0 Å². The van der Waals surface area contributed by atoms with Gasteiger partial charge in [0.15, 0.2) is 0 Å². The van der Waals surface area contributed by atoms with Crippen LogP contribution in [0.15, 0.2) is 42.5 Å². The Morgan fingerprint density at radius 1 is 1.15 bits per heavy atom. The van der Waals surface area contributed by atoms with Crippen LogP contribution >= 0.6 is 23.4 Å². The summed E-state index contributed by atoms with van der Waals surface area (Å²) in [7, 11) is 1.74. The number of benzene rings is 1. The van der Waals surface area contributed by atoms with Crippen molar-refractivity contribution in [3.05, 3.63) is 53.1 Å². The molecular weight excluding hydrogens is 462 g/mol. The van der Waals surface area contributed by atoms with Gasteiger partial charge in [0.2, 0.25) is 11.8 Å². The summed E-state index contributed by atoms with van der Waals surface area (Å²) in [5.74, 6) is -1.80. The predicted octanol–water partition coefficient (Wildman–Crippen LogP) is 1.87. The van der Waals surface area contributed by atoms with Gasteiger partial charge in [-0.05, 0) is 18.6 Å². The van der Waals surface area contributed by atoms with Gasteiger partial charge >= 0.3 is 0 Å². The van der Waals surface area contributed by atoms with Gasteiger partial charge in [-0.15, -0.1) is 11.8 Å². The van der Waals surface area contributed by atoms with E-state index < -0.39 is 22.6 Å². The van der Waals surface area contributed by atoms with E-state index in [9.17, 15) is 19.5 Å². The molecule has 1 aromatic carbocycles. The van der Waals surface area contributed by atoms with Crippen LogP contribution in [0, 0.1) is 18.8 Å². The molecule has 0 bridgehead atoms. The number of para-hydroxylation sites is 1. The summed E-state index contributed by atoms with van der Waals surface area (Å²) in [5.41, 5.74) is 1.48. The lowest BCUT2D eigenvalue weighted by Crippen LogP contribution is -2.54. The van der Waals surface area contributed by atoms with E-state index in [1.54, 1.807) is 22.9 Å². The summed E-state index contributed by atoms with van der Waals surface area (Å²) in [6.45, 7) is 2.48. The lowest BCUT2D eigenvalue weighted by atomic mass is 9.78. The topological polar surface area (TPSA) is 81.2 Å². The molecule has 2 fully saturated rings. The maximum atomic E-state index is 14.1. The highest BCUT2D eigenvalue weighted by molar-refractivity contribution is 8.02. The molecule has 1 unspecified atom stereocenters. The summed E-state index contributed by atoms with van der Waals surface area (Å²) < 4.78 is -0.888. The molecule has 2 saturated heterocycles. The van der Waals surface area contributed by atoms with Crippen LogP contribution < -0.4 is 4.90 Å². The van der Waals surface area contributed by atoms with Crippen LogP contribution in [-0.2, 0) is 14.4 Å². The number of aryl methyl sites for hydroxylation is 1. The fourth-order valence-corrected chi connectivity index (χ4v) is 8.11. The number of amides is 3. The molecule has 1 spiro atoms. The Morgan fingerprint density at radius 3 is 2.67 bits per heavy atom. The molecule has 4 aliphatic heterocycles. The normalized spacial score (nSPS) is 33.2. The van der Waals surface area contributed by atoms with Crippen LogP contribution in [0.1, 0.15) is 5.56 Å². The largest absolute Gasteiger partial charge is 0.395 e. The zero-order valence-electron chi connectivity index (χ0n) is 18.5. The number of aliphatic hydroxyl groups excluding tert-OH is 1. The summed E-state index contributed by atoms with van der Waals surface area (Å²) in [4.78, 5) is 46.0. The standard InChI is InChI=1S/C24H26ClN3O4S/c1-14-6-3-7-15(25)19(14)27-11-5-9-24-18(22(31)28(12-13-29)20(24)23(27)32)17-16(33-24)8-4-10-26(2)21(17)30/h3-9,16-18,20,29H,10-13H2,1-2H3/t16-,17+,18-,20?,24-/m0/s1. The monoisotopic (exact) mass is 487 g/mol. The molecule has 0 aromatic heterocycles. The zero-order chi connectivity index (χ0) is 23.5. The number of fused-ring (bicyclic) bond motifs is 2. The number of anilines is 1. The number of thioether (sulfide) groups is 1. The van der Waals surface area contributed by atoms with Gasteiger partial charge in [0.25, 0.3) is 5.91 Å². The fraction of sp³-hybridized carbons (Fsp3) is 0.458. The van der Waals surface area contributed by atoms with Gasteiger partial charge in [0, 0.05) is 31.9 Å². The molecule has 3 amide bonds. The van der Waals surface area contributed by atoms with Gasteiger partial charge in [-0.1, -0.05) is 48.0 Å². The number of β-amino-alcohol motifs (C(OH)–C–C–N with tert-alkyl or cyclic N) is 1. The molecule has 5 atom stereocenters. The molecule has 0 aliphatic carbocycles. The number of hydrogen-bond donors (Lipinski definition) is 1. The molecule has 33 heavy (non-hydrogen) atoms. The van der Waals surface area contributed by atoms with Crippen molar-refractivity contribution < 1.29 is 19.5 Å². The second kappa shape index (κ2) is 8.18. The van der Waals surface area contributed by atoms with Crippen LogP contribution in [0.4, 0.5) is 5.69 Å². The maximum absolute atomic E-state index is 14.1. The number of nitrogens with zero attached hydrogens (tertiary/aromatic N) is 3. The molecule has 0 radical (unpaired) electrons. The Kier molecular flexibility index (Phi) is 5.58. The van der Waals surface area contributed by atoms with E-state index in [2.05, 4.69) is 0 Å². The van der Waals surface area contributed by atoms with Gasteiger partial charge in [-0.3, -0.25) is 14.4 Å². The van der Waals surface area contributed by atoms with E-state index in [0.29, 0.717) is 23.8 Å². The third kappa shape index (κ3) is 3.18. The second-order valence-corrected chi connectivity index (χ2v) is 10.9. The highest BCUT2D eigenvalue weighted by Crippen LogP contribution is 2.61. The van der Waals surface area contributed by atoms with E-state index in [4.69, 9.17) is 11.6 Å². The second-order valence-electron chi connectivity index (χ2n) is 9.00. The number of likely N-dealkylation sites (N-methyl/N-ethyl adjacent to an activating group) is 1. The first-order valence-corrected chi connectivity index (χ1v) is 12.3. The minimum Gasteiger partial charge on any atom is -0.395 e. The first-order valence-electron chi connectivity index (χ1n) is 11.1. The van der Waals surface area contributed by atoms with Crippen molar-refractivity contribution >= 4 is 46.8 Å². The number of rotatable bonds is 3. The minimum atomic E-state index is -0.888. The number of carbonyl (C=O) groups is 3. The maximum Gasteiger partial charge on any atom is 0.251 e. The van der Waals surface area contributed by atoms with E-state index in [0.717, 1.165) is 5.56 Å². The number of aliphatic hydroxyl groups is 1. The molecule has 4 aliphatic rings. The van der Waals surface area contributed by atoms with Crippen molar-refractivity contribution in [2.45, 2.75) is 23.0 Å². The third-order valence-electron chi connectivity index (χ3n) is 7.16. The fourth-order valence-electron chi connectivity index (χ4n) is 5.78. The molecule has 9 heteroatoms. The third-order valence-corrected chi connectivity index (χ3v) is 9.21. The Morgan fingerprint density at radius 2 is 1.94 bits per heavy atom. The summed E-state index contributed by atoms with van der Waals surface area (Å²) in [6, 6.07) is 4.65. The average molecular weight is 488 g/mol.